The first-order chi connectivity index (χ1) is 9.70. The summed E-state index contributed by atoms with van der Waals surface area (Å²) in [5, 5.41) is 1.14. The maximum absolute atomic E-state index is 6.07. The molecule has 3 rings (SSSR count). The molecule has 0 radical (unpaired) electrons. The lowest BCUT2D eigenvalue weighted by atomic mass is 10.1. The first-order valence-electron chi connectivity index (χ1n) is 6.94. The van der Waals surface area contributed by atoms with Crippen LogP contribution in [0.5, 0.6) is 0 Å². The van der Waals surface area contributed by atoms with Gasteiger partial charge in [0.1, 0.15) is 11.3 Å². The third kappa shape index (κ3) is 2.46. The Morgan fingerprint density at radius 2 is 2.35 bits per heavy atom. The van der Waals surface area contributed by atoms with Crippen molar-refractivity contribution in [2.45, 2.75) is 19.0 Å². The Bertz CT molecular complexity index is 598. The predicted molar refractivity (Wildman–Crippen MR) is 84.8 cm³/mol. The fraction of sp³-hybridized carbons (Fsp3) is 0.467. The Hall–Kier alpha value is -1.01. The number of aryl methyl sites for hydroxylation is 1. The van der Waals surface area contributed by atoms with Gasteiger partial charge >= 0.3 is 0 Å². The molecule has 2 unspecified atom stereocenters. The van der Waals surface area contributed by atoms with Crippen LogP contribution in [-0.2, 0) is 0 Å². The van der Waals surface area contributed by atoms with E-state index in [1.807, 2.05) is 11.8 Å². The summed E-state index contributed by atoms with van der Waals surface area (Å²) >= 11 is 1.98. The first-order valence-corrected chi connectivity index (χ1v) is 8.09. The van der Waals surface area contributed by atoms with E-state index in [1.165, 1.54) is 5.75 Å². The molecule has 0 saturated carbocycles. The van der Waals surface area contributed by atoms with Gasteiger partial charge in [0.2, 0.25) is 0 Å². The molecule has 1 fully saturated rings. The summed E-state index contributed by atoms with van der Waals surface area (Å²) in [6, 6.07) is 8.72. The van der Waals surface area contributed by atoms with Crippen molar-refractivity contribution in [2.75, 3.05) is 25.1 Å². The first kappa shape index (κ1) is 13.9. The lowest BCUT2D eigenvalue weighted by Crippen LogP contribution is -2.49. The number of nitrogens with two attached hydrogens (primary N) is 1. The molecule has 1 aromatic carbocycles. The highest BCUT2D eigenvalue weighted by Crippen LogP contribution is 2.31. The molecule has 0 bridgehead atoms. The van der Waals surface area contributed by atoms with Gasteiger partial charge in [-0.15, -0.1) is 0 Å². The van der Waals surface area contributed by atoms with Gasteiger partial charge in [0, 0.05) is 29.5 Å². The monoisotopic (exact) mass is 291 g/mol. The lowest BCUT2D eigenvalue weighted by molar-refractivity contribution is 0.202. The van der Waals surface area contributed by atoms with Crippen LogP contribution in [0.15, 0.2) is 28.7 Å². The molecule has 2 heterocycles. The number of likely N-dealkylation sites (N-methyl/N-ethyl adjacent to an activating group) is 1. The molecule has 1 aliphatic rings. The number of hydrogen-bond acceptors (Lipinski definition) is 5. The number of nitrogens with one attached hydrogen (secondary N) is 1. The minimum Gasteiger partial charge on any atom is -0.459 e. The van der Waals surface area contributed by atoms with E-state index in [9.17, 15) is 0 Å². The topological polar surface area (TPSA) is 54.4 Å². The molecule has 1 saturated heterocycles. The van der Waals surface area contributed by atoms with Crippen molar-refractivity contribution in [1.29, 1.82) is 0 Å². The van der Waals surface area contributed by atoms with Crippen molar-refractivity contribution >= 4 is 22.7 Å². The third-order valence-corrected chi connectivity index (χ3v) is 5.12. The largest absolute Gasteiger partial charge is 0.459 e. The van der Waals surface area contributed by atoms with E-state index in [4.69, 9.17) is 10.3 Å². The zero-order valence-corrected chi connectivity index (χ0v) is 12.7. The highest BCUT2D eigenvalue weighted by molar-refractivity contribution is 7.99. The maximum Gasteiger partial charge on any atom is 0.137 e. The van der Waals surface area contributed by atoms with Crippen molar-refractivity contribution in [3.8, 4) is 0 Å². The Labute approximate surface area is 123 Å². The van der Waals surface area contributed by atoms with Gasteiger partial charge in [0.25, 0.3) is 0 Å². The van der Waals surface area contributed by atoms with Gasteiger partial charge in [-0.05, 0) is 25.6 Å². The lowest BCUT2D eigenvalue weighted by Gasteiger charge is -2.36. The molecule has 0 spiro atoms. The quantitative estimate of drug-likeness (QED) is 0.671. The predicted octanol–water partition coefficient (Wildman–Crippen LogP) is 2.29. The summed E-state index contributed by atoms with van der Waals surface area (Å²) in [6.07, 6.45) is 0. The molecule has 0 amide bonds. The second-order valence-corrected chi connectivity index (χ2v) is 6.56. The maximum atomic E-state index is 6.07. The van der Waals surface area contributed by atoms with Crippen molar-refractivity contribution < 1.29 is 4.42 Å². The summed E-state index contributed by atoms with van der Waals surface area (Å²) in [6.45, 7) is 3.16. The van der Waals surface area contributed by atoms with Crippen molar-refractivity contribution in [3.05, 3.63) is 35.6 Å². The number of thioether (sulfide) groups is 1. The van der Waals surface area contributed by atoms with Gasteiger partial charge in [-0.25, -0.2) is 5.43 Å². The van der Waals surface area contributed by atoms with Crippen LogP contribution in [-0.4, -0.2) is 36.0 Å². The van der Waals surface area contributed by atoms with Crippen LogP contribution in [0.25, 0.3) is 11.0 Å². The summed E-state index contributed by atoms with van der Waals surface area (Å²) < 4.78 is 6.07. The summed E-state index contributed by atoms with van der Waals surface area (Å²) in [4.78, 5) is 2.36. The van der Waals surface area contributed by atoms with Crippen LogP contribution in [0.4, 0.5) is 0 Å². The van der Waals surface area contributed by atoms with Gasteiger partial charge in [-0.3, -0.25) is 10.7 Å². The second-order valence-electron chi connectivity index (χ2n) is 5.41. The highest BCUT2D eigenvalue weighted by Gasteiger charge is 2.30. The van der Waals surface area contributed by atoms with Gasteiger partial charge in [-0.1, -0.05) is 18.2 Å². The van der Waals surface area contributed by atoms with Gasteiger partial charge in [0.05, 0.1) is 6.04 Å². The molecule has 20 heavy (non-hydrogen) atoms. The van der Waals surface area contributed by atoms with E-state index in [1.54, 1.807) is 0 Å². The minimum absolute atomic E-state index is 0.0274. The van der Waals surface area contributed by atoms with Crippen LogP contribution in [0.2, 0.25) is 0 Å². The molecule has 1 aliphatic heterocycles. The van der Waals surface area contributed by atoms with E-state index in [-0.39, 0.29) is 6.04 Å². The summed E-state index contributed by atoms with van der Waals surface area (Å²) in [5.74, 6) is 8.99. The molecule has 108 valence electrons. The van der Waals surface area contributed by atoms with Crippen molar-refractivity contribution in [1.82, 2.24) is 10.3 Å². The van der Waals surface area contributed by atoms with Crippen LogP contribution >= 0.6 is 11.8 Å². The Morgan fingerprint density at radius 1 is 1.50 bits per heavy atom. The highest BCUT2D eigenvalue weighted by atomic mass is 32.2. The van der Waals surface area contributed by atoms with E-state index in [2.05, 4.69) is 48.6 Å². The van der Waals surface area contributed by atoms with Crippen LogP contribution in [0, 0.1) is 6.92 Å². The number of para-hydroxylation sites is 1. The molecule has 2 atom stereocenters. The zero-order valence-electron chi connectivity index (χ0n) is 11.9. The number of fused-ring (bicyclic) bond motifs is 1. The van der Waals surface area contributed by atoms with E-state index < -0.39 is 0 Å². The van der Waals surface area contributed by atoms with Gasteiger partial charge in [0.15, 0.2) is 0 Å². The molecule has 3 N–H and O–H groups in total. The third-order valence-electron chi connectivity index (χ3n) is 4.07. The number of hydrogen-bond donors (Lipinski definition) is 2. The fourth-order valence-corrected chi connectivity index (χ4v) is 4.09. The molecule has 0 aliphatic carbocycles. The van der Waals surface area contributed by atoms with Crippen molar-refractivity contribution in [3.63, 3.8) is 0 Å². The zero-order chi connectivity index (χ0) is 14.1. The average molecular weight is 291 g/mol. The molecular formula is C15H21N3OS. The molecule has 4 nitrogen and oxygen atoms in total. The van der Waals surface area contributed by atoms with E-state index in [0.717, 1.165) is 34.6 Å². The van der Waals surface area contributed by atoms with Crippen LogP contribution in [0.3, 0.4) is 0 Å². The molecule has 5 heteroatoms. The fourth-order valence-electron chi connectivity index (χ4n) is 2.82. The normalized spacial score (nSPS) is 22.2. The molecule has 1 aromatic heterocycles. The SMILES string of the molecule is Cc1cccc2cc(C(NN)C3CSCCN3C)oc12. The number of hydrazine groups is 1. The number of nitrogens with zero attached hydrogens (tertiary/aromatic N) is 1. The van der Waals surface area contributed by atoms with Gasteiger partial charge < -0.3 is 4.42 Å². The second kappa shape index (κ2) is 5.77. The Balaban J connectivity index is 1.96. The summed E-state index contributed by atoms with van der Waals surface area (Å²) in [5.41, 5.74) is 5.08. The van der Waals surface area contributed by atoms with Crippen molar-refractivity contribution in [2.24, 2.45) is 5.84 Å². The Morgan fingerprint density at radius 3 is 3.05 bits per heavy atom. The average Bonchev–Trinajstić information content (AvgIpc) is 2.87. The van der Waals surface area contributed by atoms with Crippen LogP contribution < -0.4 is 11.3 Å². The standard InChI is InChI=1S/C15H21N3OS/c1-10-4-3-5-11-8-13(19-15(10)11)14(17-16)12-9-20-7-6-18(12)2/h3-5,8,12,14,17H,6-7,9,16H2,1-2H3. The minimum atomic E-state index is 0.0274. The number of rotatable bonds is 3. The van der Waals surface area contributed by atoms with E-state index >= 15 is 0 Å². The van der Waals surface area contributed by atoms with Gasteiger partial charge in [-0.2, -0.15) is 11.8 Å². The summed E-state index contributed by atoms with van der Waals surface area (Å²) in [7, 11) is 2.16. The molecular weight excluding hydrogens is 270 g/mol. The number of furan rings is 1. The smallest absolute Gasteiger partial charge is 0.137 e. The van der Waals surface area contributed by atoms with Crippen LogP contribution in [0.1, 0.15) is 17.4 Å². The Kier molecular flexibility index (Phi) is 4.03. The van der Waals surface area contributed by atoms with E-state index in [0.29, 0.717) is 6.04 Å². The number of benzene rings is 1. The molecule has 2 aromatic rings.